The van der Waals surface area contributed by atoms with Crippen molar-refractivity contribution in [3.63, 3.8) is 0 Å². The van der Waals surface area contributed by atoms with Gasteiger partial charge in [0.1, 0.15) is 11.6 Å². The van der Waals surface area contributed by atoms with Crippen molar-refractivity contribution in [2.24, 2.45) is 16.6 Å². The van der Waals surface area contributed by atoms with Crippen LogP contribution in [0.2, 0.25) is 0 Å². The third kappa shape index (κ3) is 12.4. The average Bonchev–Trinajstić information content (AvgIpc) is 2.65. The van der Waals surface area contributed by atoms with Gasteiger partial charge in [-0.25, -0.2) is 4.79 Å². The predicted octanol–water partition coefficient (Wildman–Crippen LogP) is 5.03. The number of esters is 2. The first-order valence-electron chi connectivity index (χ1n) is 12.6. The second kappa shape index (κ2) is 13.1. The smallest absolute Gasteiger partial charge is 0.480 e. The van der Waals surface area contributed by atoms with E-state index in [4.69, 9.17) is 24.7 Å². The maximum atomic E-state index is 12.6. The van der Waals surface area contributed by atoms with E-state index in [9.17, 15) is 24.3 Å². The second-order valence-corrected chi connectivity index (χ2v) is 12.4. The number of nitrogens with two attached hydrogens (primary N) is 1. The highest BCUT2D eigenvalue weighted by Crippen LogP contribution is 2.33. The van der Waals surface area contributed by atoms with E-state index < -0.39 is 41.8 Å². The molecule has 0 bridgehead atoms. The van der Waals surface area contributed by atoms with Crippen LogP contribution in [0.3, 0.4) is 0 Å². The molecule has 0 radical (unpaired) electrons. The summed E-state index contributed by atoms with van der Waals surface area (Å²) in [6.07, 6.45) is -2.34. The highest BCUT2D eigenvalue weighted by molar-refractivity contribution is 5.80. The number of carboxylic acids is 1. The van der Waals surface area contributed by atoms with Gasteiger partial charge < -0.3 is 29.8 Å². The normalized spacial score (nSPS) is 14.3. The van der Waals surface area contributed by atoms with Crippen molar-refractivity contribution < 1.29 is 43.2 Å². The maximum absolute atomic E-state index is 12.6. The summed E-state index contributed by atoms with van der Waals surface area (Å²) in [5.74, 6) is -2.33. The van der Waals surface area contributed by atoms with Gasteiger partial charge in [-0.2, -0.15) is 0 Å². The van der Waals surface area contributed by atoms with Crippen molar-refractivity contribution in [1.82, 2.24) is 0 Å². The molecule has 0 aromatic heterocycles. The van der Waals surface area contributed by atoms with Gasteiger partial charge in [-0.1, -0.05) is 47.6 Å². The number of carbonyl (C=O) groups is 4. The molecule has 1 aromatic rings. The van der Waals surface area contributed by atoms with Crippen LogP contribution in [0.5, 0.6) is 11.5 Å². The van der Waals surface area contributed by atoms with Crippen molar-refractivity contribution in [2.45, 2.75) is 106 Å². The van der Waals surface area contributed by atoms with Gasteiger partial charge in [0, 0.05) is 12.8 Å². The largest absolute Gasteiger partial charge is 0.508 e. The number of aliphatic carboxylic acids is 1. The lowest BCUT2D eigenvalue weighted by Crippen LogP contribution is -2.52. The van der Waals surface area contributed by atoms with Crippen LogP contribution in [-0.2, 0) is 30.3 Å². The maximum Gasteiger partial charge on any atom is 0.508 e. The van der Waals surface area contributed by atoms with Gasteiger partial charge >= 0.3 is 24.1 Å². The lowest BCUT2D eigenvalue weighted by molar-refractivity contribution is -0.145. The monoisotopic (exact) mass is 537 g/mol. The minimum atomic E-state index is -1.82. The van der Waals surface area contributed by atoms with Gasteiger partial charge in [-0.05, 0) is 49.3 Å². The Morgan fingerprint density at radius 1 is 0.842 bits per heavy atom. The van der Waals surface area contributed by atoms with Crippen LogP contribution >= 0.6 is 0 Å². The van der Waals surface area contributed by atoms with Crippen LogP contribution in [0.25, 0.3) is 0 Å². The number of ether oxygens (including phenoxy) is 4. The van der Waals surface area contributed by atoms with E-state index in [-0.39, 0.29) is 48.0 Å². The number of hydrogen-bond donors (Lipinski definition) is 2. The van der Waals surface area contributed by atoms with Crippen LogP contribution in [0.4, 0.5) is 4.79 Å². The Kier molecular flexibility index (Phi) is 11.3. The number of carbonyl (C=O) groups excluding carboxylic acids is 3. The molecule has 38 heavy (non-hydrogen) atoms. The van der Waals surface area contributed by atoms with Crippen LogP contribution in [0.1, 0.15) is 87.1 Å². The van der Waals surface area contributed by atoms with E-state index >= 15 is 0 Å². The molecule has 2 atom stereocenters. The quantitative estimate of drug-likeness (QED) is 0.290. The number of benzene rings is 1. The molecule has 3 N–H and O–H groups in total. The predicted molar refractivity (Wildman–Crippen MR) is 141 cm³/mol. The molecule has 0 aliphatic rings. The molecular weight excluding hydrogens is 494 g/mol. The Hall–Kier alpha value is -3.14. The Bertz CT molecular complexity index is 1000. The second-order valence-electron chi connectivity index (χ2n) is 12.4. The van der Waals surface area contributed by atoms with Gasteiger partial charge in [0.05, 0.1) is 18.9 Å². The standard InChI is InChI=1S/C28H43NO9/c1-17(2)35-25(34)36-18(3)13-28(29,24(32)33)14-19-10-11-20(37-22(30)15-26(4,5)6)21(12-19)38-23(31)16-27(7,8)9/h10-12,17-18H,13-16,29H2,1-9H3,(H,32,33)/t18-,28?/m0/s1. The zero-order valence-corrected chi connectivity index (χ0v) is 24.0. The van der Waals surface area contributed by atoms with E-state index in [0.717, 1.165) is 0 Å². The first kappa shape index (κ1) is 32.9. The Morgan fingerprint density at radius 3 is 1.79 bits per heavy atom. The zero-order chi connectivity index (χ0) is 29.5. The lowest BCUT2D eigenvalue weighted by Gasteiger charge is -2.28. The fraction of sp³-hybridized carbons (Fsp3) is 0.643. The summed E-state index contributed by atoms with van der Waals surface area (Å²) >= 11 is 0. The van der Waals surface area contributed by atoms with E-state index in [1.807, 2.05) is 41.5 Å². The van der Waals surface area contributed by atoms with Gasteiger partial charge in [-0.3, -0.25) is 14.4 Å². The van der Waals surface area contributed by atoms with Gasteiger partial charge in [0.25, 0.3) is 0 Å². The van der Waals surface area contributed by atoms with E-state index in [2.05, 4.69) is 0 Å². The molecule has 214 valence electrons. The third-order valence-electron chi connectivity index (χ3n) is 5.03. The average molecular weight is 538 g/mol. The first-order chi connectivity index (χ1) is 17.2. The zero-order valence-electron chi connectivity index (χ0n) is 24.0. The Balaban J connectivity index is 3.24. The van der Waals surface area contributed by atoms with Crippen LogP contribution in [0, 0.1) is 10.8 Å². The lowest BCUT2D eigenvalue weighted by atomic mass is 9.86. The number of rotatable bonds is 11. The van der Waals surface area contributed by atoms with Crippen molar-refractivity contribution in [3.8, 4) is 11.5 Å². The summed E-state index contributed by atoms with van der Waals surface area (Å²) in [7, 11) is 0. The van der Waals surface area contributed by atoms with Crippen molar-refractivity contribution in [1.29, 1.82) is 0 Å². The summed E-state index contributed by atoms with van der Waals surface area (Å²) in [4.78, 5) is 49.0. The fourth-order valence-electron chi connectivity index (χ4n) is 3.55. The topological polar surface area (TPSA) is 151 Å². The third-order valence-corrected chi connectivity index (χ3v) is 5.03. The summed E-state index contributed by atoms with van der Waals surface area (Å²) in [6.45, 7) is 16.1. The van der Waals surface area contributed by atoms with E-state index in [1.54, 1.807) is 19.9 Å². The first-order valence-corrected chi connectivity index (χ1v) is 12.6. The SMILES string of the molecule is CC(C)OC(=O)O[C@@H](C)CC(N)(Cc1ccc(OC(=O)CC(C)(C)C)c(OC(=O)CC(C)(C)C)c1)C(=O)O. The molecule has 10 nitrogen and oxygen atoms in total. The van der Waals surface area contributed by atoms with Crippen LogP contribution in [-0.4, -0.2) is 46.9 Å². The summed E-state index contributed by atoms with van der Waals surface area (Å²) < 4.78 is 21.1. The highest BCUT2D eigenvalue weighted by Gasteiger charge is 2.37. The molecule has 10 heteroatoms. The number of carboxylic acid groups (broad SMARTS) is 1. The van der Waals surface area contributed by atoms with Crippen molar-refractivity contribution >= 4 is 24.1 Å². The molecule has 0 saturated carbocycles. The summed E-state index contributed by atoms with van der Waals surface area (Å²) in [5.41, 5.74) is 4.18. The Morgan fingerprint density at radius 2 is 1.34 bits per heavy atom. The molecule has 0 amide bonds. The van der Waals surface area contributed by atoms with Crippen LogP contribution in [0.15, 0.2) is 18.2 Å². The summed E-state index contributed by atoms with van der Waals surface area (Å²) in [6, 6.07) is 4.42. The molecular formula is C28H43NO9. The molecule has 0 heterocycles. The molecule has 1 unspecified atom stereocenters. The van der Waals surface area contributed by atoms with Crippen LogP contribution < -0.4 is 15.2 Å². The van der Waals surface area contributed by atoms with E-state index in [0.29, 0.717) is 5.56 Å². The molecule has 0 aliphatic carbocycles. The highest BCUT2D eigenvalue weighted by atomic mass is 16.7. The number of hydrogen-bond acceptors (Lipinski definition) is 9. The minimum absolute atomic E-state index is 0.0171. The van der Waals surface area contributed by atoms with Crippen molar-refractivity contribution in [3.05, 3.63) is 23.8 Å². The van der Waals surface area contributed by atoms with Gasteiger partial charge in [0.15, 0.2) is 11.5 Å². The fourth-order valence-corrected chi connectivity index (χ4v) is 3.55. The molecule has 1 rings (SSSR count). The van der Waals surface area contributed by atoms with Gasteiger partial charge in [-0.15, -0.1) is 0 Å². The molecule has 0 saturated heterocycles. The summed E-state index contributed by atoms with van der Waals surface area (Å²) in [5, 5.41) is 9.89. The van der Waals surface area contributed by atoms with Gasteiger partial charge in [0.2, 0.25) is 0 Å². The molecule has 1 aromatic carbocycles. The molecule has 0 aliphatic heterocycles. The molecule has 0 spiro atoms. The Labute approximate surface area is 225 Å². The van der Waals surface area contributed by atoms with Crippen molar-refractivity contribution in [2.75, 3.05) is 0 Å². The minimum Gasteiger partial charge on any atom is -0.480 e. The van der Waals surface area contributed by atoms with E-state index in [1.165, 1.54) is 19.1 Å². The molecule has 0 fully saturated rings.